The number of aliphatic hydroxyl groups is 1. The van der Waals surface area contributed by atoms with Crippen molar-refractivity contribution < 1.29 is 5.11 Å². The number of hydrogen-bond donors (Lipinski definition) is 1. The van der Waals surface area contributed by atoms with Gasteiger partial charge in [-0.25, -0.2) is 0 Å². The highest BCUT2D eigenvalue weighted by Gasteiger charge is 2.31. The molecule has 0 spiro atoms. The van der Waals surface area contributed by atoms with Crippen LogP contribution >= 0.6 is 0 Å². The maximum atomic E-state index is 10.1. The molecule has 1 fully saturated rings. The smallest absolute Gasteiger partial charge is 0.0758 e. The van der Waals surface area contributed by atoms with Gasteiger partial charge in [0.15, 0.2) is 0 Å². The first kappa shape index (κ1) is 15.5. The molecule has 2 rings (SSSR count). The normalized spacial score (nSPS) is 24.4. The molecule has 1 aliphatic rings. The minimum atomic E-state index is -0.507. The molecule has 0 aromatic heterocycles. The van der Waals surface area contributed by atoms with Crippen molar-refractivity contribution in [2.24, 2.45) is 0 Å². The van der Waals surface area contributed by atoms with Gasteiger partial charge in [0.2, 0.25) is 0 Å². The van der Waals surface area contributed by atoms with Gasteiger partial charge in [0, 0.05) is 19.6 Å². The second kappa shape index (κ2) is 5.16. The summed E-state index contributed by atoms with van der Waals surface area (Å²) >= 11 is 0. The summed E-state index contributed by atoms with van der Waals surface area (Å²) in [7, 11) is 0. The van der Waals surface area contributed by atoms with E-state index in [0.717, 1.165) is 26.1 Å². The van der Waals surface area contributed by atoms with Crippen molar-refractivity contribution in [3.05, 3.63) is 34.4 Å². The van der Waals surface area contributed by atoms with Gasteiger partial charge in [0.1, 0.15) is 0 Å². The van der Waals surface area contributed by atoms with Crippen LogP contribution in [0.15, 0.2) is 12.1 Å². The van der Waals surface area contributed by atoms with Crippen LogP contribution in [0.5, 0.6) is 0 Å². The Kier molecular flexibility index (Phi) is 4.01. The third-order valence-electron chi connectivity index (χ3n) is 4.47. The number of rotatable bonds is 2. The molecule has 1 saturated heterocycles. The van der Waals surface area contributed by atoms with Crippen molar-refractivity contribution in [2.75, 3.05) is 13.1 Å². The largest absolute Gasteiger partial charge is 0.389 e. The highest BCUT2D eigenvalue weighted by atomic mass is 16.3. The number of benzene rings is 1. The molecule has 0 aliphatic carbocycles. The fourth-order valence-electron chi connectivity index (χ4n) is 3.07. The summed E-state index contributed by atoms with van der Waals surface area (Å²) in [6.07, 6.45) is 0.880. The van der Waals surface area contributed by atoms with Crippen LogP contribution in [0.4, 0.5) is 0 Å². The SMILES string of the molecule is Cc1cc(C(C)(C)C)cc(C)c1CN1CCC(C)(O)C1. The summed E-state index contributed by atoms with van der Waals surface area (Å²) in [4.78, 5) is 2.37. The topological polar surface area (TPSA) is 23.5 Å². The van der Waals surface area contributed by atoms with Crippen LogP contribution in [0.3, 0.4) is 0 Å². The van der Waals surface area contributed by atoms with Gasteiger partial charge < -0.3 is 5.11 Å². The molecule has 112 valence electrons. The van der Waals surface area contributed by atoms with E-state index >= 15 is 0 Å². The van der Waals surface area contributed by atoms with Crippen molar-refractivity contribution in [1.29, 1.82) is 0 Å². The molecule has 20 heavy (non-hydrogen) atoms. The predicted octanol–water partition coefficient (Wildman–Crippen LogP) is 3.56. The fourth-order valence-corrected chi connectivity index (χ4v) is 3.07. The van der Waals surface area contributed by atoms with Crippen LogP contribution in [0.25, 0.3) is 0 Å². The monoisotopic (exact) mass is 275 g/mol. The maximum absolute atomic E-state index is 10.1. The lowest BCUT2D eigenvalue weighted by atomic mass is 9.84. The van der Waals surface area contributed by atoms with Gasteiger partial charge in [-0.1, -0.05) is 32.9 Å². The first-order valence-corrected chi connectivity index (χ1v) is 7.64. The van der Waals surface area contributed by atoms with Gasteiger partial charge in [0.05, 0.1) is 5.60 Å². The van der Waals surface area contributed by atoms with Crippen molar-refractivity contribution in [3.63, 3.8) is 0 Å². The highest BCUT2D eigenvalue weighted by molar-refractivity contribution is 5.40. The summed E-state index contributed by atoms with van der Waals surface area (Å²) in [6, 6.07) is 4.66. The van der Waals surface area contributed by atoms with Crippen LogP contribution in [-0.4, -0.2) is 28.7 Å². The summed E-state index contributed by atoms with van der Waals surface area (Å²) in [5, 5.41) is 10.1. The van der Waals surface area contributed by atoms with E-state index in [1.54, 1.807) is 0 Å². The van der Waals surface area contributed by atoms with Crippen LogP contribution in [0, 0.1) is 13.8 Å². The molecule has 2 nitrogen and oxygen atoms in total. The molecule has 0 bridgehead atoms. The third-order valence-corrected chi connectivity index (χ3v) is 4.47. The van der Waals surface area contributed by atoms with Gasteiger partial charge in [-0.2, -0.15) is 0 Å². The van der Waals surface area contributed by atoms with Gasteiger partial charge in [-0.3, -0.25) is 4.90 Å². The Bertz CT molecular complexity index is 474. The van der Waals surface area contributed by atoms with E-state index in [1.807, 2.05) is 6.92 Å². The number of nitrogens with zero attached hydrogens (tertiary/aromatic N) is 1. The van der Waals surface area contributed by atoms with E-state index in [2.05, 4.69) is 51.7 Å². The molecule has 1 aliphatic heterocycles. The lowest BCUT2D eigenvalue weighted by Gasteiger charge is -2.25. The van der Waals surface area contributed by atoms with E-state index in [4.69, 9.17) is 0 Å². The first-order chi connectivity index (χ1) is 9.08. The molecular formula is C18H29NO. The van der Waals surface area contributed by atoms with E-state index in [-0.39, 0.29) is 5.41 Å². The molecule has 0 amide bonds. The molecule has 1 aromatic rings. The van der Waals surface area contributed by atoms with Crippen molar-refractivity contribution in [3.8, 4) is 0 Å². The summed E-state index contributed by atoms with van der Waals surface area (Å²) in [6.45, 7) is 15.9. The maximum Gasteiger partial charge on any atom is 0.0758 e. The van der Waals surface area contributed by atoms with Crippen molar-refractivity contribution in [1.82, 2.24) is 4.90 Å². The number of aryl methyl sites for hydroxylation is 2. The van der Waals surface area contributed by atoms with E-state index in [9.17, 15) is 5.11 Å². The number of likely N-dealkylation sites (tertiary alicyclic amines) is 1. The van der Waals surface area contributed by atoms with Gasteiger partial charge >= 0.3 is 0 Å². The number of hydrogen-bond acceptors (Lipinski definition) is 2. The molecule has 2 heteroatoms. The minimum Gasteiger partial charge on any atom is -0.389 e. The van der Waals surface area contributed by atoms with Crippen LogP contribution < -0.4 is 0 Å². The third kappa shape index (κ3) is 3.42. The van der Waals surface area contributed by atoms with Crippen LogP contribution in [0.1, 0.15) is 56.4 Å². The van der Waals surface area contributed by atoms with Gasteiger partial charge in [-0.15, -0.1) is 0 Å². The number of β-amino-alcohol motifs (C(OH)–C–C–N with tert-alkyl or cyclic N) is 1. The van der Waals surface area contributed by atoms with Crippen LogP contribution in [-0.2, 0) is 12.0 Å². The molecule has 0 saturated carbocycles. The fraction of sp³-hybridized carbons (Fsp3) is 0.667. The average Bonchev–Trinajstić information content (AvgIpc) is 2.62. The summed E-state index contributed by atoms with van der Waals surface area (Å²) < 4.78 is 0. The molecule has 1 atom stereocenters. The summed E-state index contributed by atoms with van der Waals surface area (Å²) in [5.74, 6) is 0. The Balaban J connectivity index is 2.21. The average molecular weight is 275 g/mol. The Hall–Kier alpha value is -0.860. The minimum absolute atomic E-state index is 0.200. The Morgan fingerprint density at radius 3 is 2.15 bits per heavy atom. The standard InChI is InChI=1S/C18H29NO/c1-13-9-15(17(3,4)5)10-14(2)16(13)11-19-8-7-18(6,20)12-19/h9-10,20H,7-8,11-12H2,1-6H3. The van der Waals surface area contributed by atoms with Crippen molar-refractivity contribution in [2.45, 2.75) is 65.5 Å². The quantitative estimate of drug-likeness (QED) is 0.892. The predicted molar refractivity (Wildman–Crippen MR) is 85.1 cm³/mol. The molecule has 1 unspecified atom stereocenters. The zero-order valence-electron chi connectivity index (χ0n) is 13.9. The van der Waals surface area contributed by atoms with Crippen molar-refractivity contribution >= 4 is 0 Å². The Labute approximate surface area is 123 Å². The second-order valence-electron chi connectivity index (χ2n) is 7.80. The second-order valence-corrected chi connectivity index (χ2v) is 7.80. The highest BCUT2D eigenvalue weighted by Crippen LogP contribution is 2.29. The lowest BCUT2D eigenvalue weighted by Crippen LogP contribution is -2.29. The van der Waals surface area contributed by atoms with E-state index in [0.29, 0.717) is 0 Å². The lowest BCUT2D eigenvalue weighted by molar-refractivity contribution is 0.0678. The molecule has 1 heterocycles. The first-order valence-electron chi connectivity index (χ1n) is 7.64. The zero-order valence-corrected chi connectivity index (χ0v) is 13.9. The Morgan fingerprint density at radius 2 is 1.75 bits per heavy atom. The van der Waals surface area contributed by atoms with Gasteiger partial charge in [0.25, 0.3) is 0 Å². The zero-order chi connectivity index (χ0) is 15.1. The van der Waals surface area contributed by atoms with E-state index < -0.39 is 5.60 Å². The van der Waals surface area contributed by atoms with Gasteiger partial charge in [-0.05, 0) is 54.9 Å². The van der Waals surface area contributed by atoms with E-state index in [1.165, 1.54) is 22.3 Å². The molecular weight excluding hydrogens is 246 g/mol. The Morgan fingerprint density at radius 1 is 1.20 bits per heavy atom. The molecule has 0 radical (unpaired) electrons. The van der Waals surface area contributed by atoms with Crippen LogP contribution in [0.2, 0.25) is 0 Å². The summed E-state index contributed by atoms with van der Waals surface area (Å²) in [5.41, 5.74) is 5.28. The molecule has 1 N–H and O–H groups in total. The molecule has 1 aromatic carbocycles.